The molecule has 0 aromatic heterocycles. The van der Waals surface area contributed by atoms with E-state index >= 15 is 0 Å². The van der Waals surface area contributed by atoms with E-state index in [1.165, 1.54) is 0 Å². The first-order chi connectivity index (χ1) is 7.40. The van der Waals surface area contributed by atoms with Gasteiger partial charge in [-0.3, -0.25) is 0 Å². The fourth-order valence-corrected chi connectivity index (χ4v) is 8.00. The largest absolute Gasteiger partial charge is 0.390 e. The van der Waals surface area contributed by atoms with Crippen LogP contribution in [0.3, 0.4) is 0 Å². The predicted molar refractivity (Wildman–Crippen MR) is 58.3 cm³/mol. The Hall–Kier alpha value is -0.0800. The molecule has 0 amide bonds. The number of rotatable bonds is 0. The molecular weight excluding hydrogens is 200 g/mol. The smallest absolute Gasteiger partial charge is 0.0688 e. The van der Waals surface area contributed by atoms with Crippen LogP contribution in [0.2, 0.25) is 0 Å². The van der Waals surface area contributed by atoms with Gasteiger partial charge in [-0.1, -0.05) is 6.92 Å². The van der Waals surface area contributed by atoms with E-state index in [4.69, 9.17) is 0 Å². The van der Waals surface area contributed by atoms with Crippen molar-refractivity contribution in [3.8, 4) is 0 Å². The first-order valence-electron chi connectivity index (χ1n) is 6.85. The molecule has 11 atom stereocenters. The minimum Gasteiger partial charge on any atom is -0.390 e. The van der Waals surface area contributed by atoms with E-state index < -0.39 is 11.2 Å². The summed E-state index contributed by atoms with van der Waals surface area (Å²) in [6, 6.07) is 0. The molecule has 0 saturated heterocycles. The van der Waals surface area contributed by atoms with Crippen LogP contribution in [0.4, 0.5) is 0 Å². The van der Waals surface area contributed by atoms with Crippen LogP contribution in [0.5, 0.6) is 0 Å². The average Bonchev–Trinajstić information content (AvgIpc) is 2.84. The Morgan fingerprint density at radius 3 is 1.44 bits per heavy atom. The van der Waals surface area contributed by atoms with Crippen LogP contribution in [-0.4, -0.2) is 21.4 Å². The lowest BCUT2D eigenvalue weighted by Gasteiger charge is -2.32. The highest BCUT2D eigenvalue weighted by Gasteiger charge is 2.90. The van der Waals surface area contributed by atoms with Crippen molar-refractivity contribution in [1.29, 1.82) is 0 Å². The summed E-state index contributed by atoms with van der Waals surface area (Å²) < 4.78 is 0. The highest BCUT2D eigenvalue weighted by atomic mass is 16.3. The first kappa shape index (κ1) is 8.93. The molecule has 0 spiro atoms. The van der Waals surface area contributed by atoms with Gasteiger partial charge in [0.1, 0.15) is 0 Å². The molecule has 0 aromatic carbocycles. The van der Waals surface area contributed by atoms with Gasteiger partial charge in [0, 0.05) is 0 Å². The summed E-state index contributed by atoms with van der Waals surface area (Å²) in [6.45, 7) is 6.49. The van der Waals surface area contributed by atoms with Crippen molar-refractivity contribution in [2.45, 2.75) is 32.0 Å². The fraction of sp³-hybridized carbons (Fsp3) is 1.00. The third-order valence-corrected chi connectivity index (χ3v) is 7.68. The Morgan fingerprint density at radius 1 is 0.688 bits per heavy atom. The van der Waals surface area contributed by atoms with Gasteiger partial charge in [-0.2, -0.15) is 0 Å². The molecule has 6 aliphatic carbocycles. The lowest BCUT2D eigenvalue weighted by atomic mass is 9.71. The van der Waals surface area contributed by atoms with Gasteiger partial charge in [0.15, 0.2) is 0 Å². The molecule has 0 radical (unpaired) electrons. The Morgan fingerprint density at radius 2 is 1.06 bits per heavy atom. The topological polar surface area (TPSA) is 40.5 Å². The van der Waals surface area contributed by atoms with Crippen LogP contribution in [0.15, 0.2) is 0 Å². The van der Waals surface area contributed by atoms with E-state index in [9.17, 15) is 10.2 Å². The van der Waals surface area contributed by atoms with E-state index in [1.807, 2.05) is 0 Å². The summed E-state index contributed by atoms with van der Waals surface area (Å²) in [5.74, 6) is 5.34. The highest BCUT2D eigenvalue weighted by Crippen LogP contribution is 2.88. The van der Waals surface area contributed by atoms with Gasteiger partial charge in [0.2, 0.25) is 0 Å². The van der Waals surface area contributed by atoms with Crippen molar-refractivity contribution in [3.05, 3.63) is 0 Å². The van der Waals surface area contributed by atoms with E-state index in [-0.39, 0.29) is 0 Å². The van der Waals surface area contributed by atoms with Crippen LogP contribution in [0.1, 0.15) is 20.8 Å². The van der Waals surface area contributed by atoms with Crippen LogP contribution >= 0.6 is 0 Å². The Bertz CT molecular complexity index is 375. The second kappa shape index (κ2) is 1.91. The molecular formula is C14H20O2. The molecule has 0 aliphatic heterocycles. The van der Waals surface area contributed by atoms with Gasteiger partial charge in [0.05, 0.1) is 11.2 Å². The summed E-state index contributed by atoms with van der Waals surface area (Å²) in [5, 5.41) is 21.6. The van der Waals surface area contributed by atoms with Gasteiger partial charge in [-0.25, -0.2) is 0 Å². The predicted octanol–water partition coefficient (Wildman–Crippen LogP) is 1.12. The summed E-state index contributed by atoms with van der Waals surface area (Å²) in [7, 11) is 0. The Kier molecular flexibility index (Phi) is 1.07. The monoisotopic (exact) mass is 220 g/mol. The quantitative estimate of drug-likeness (QED) is 0.642. The fourth-order valence-electron chi connectivity index (χ4n) is 8.00. The minimum absolute atomic E-state index is 0.411. The third kappa shape index (κ3) is 0.504. The molecule has 6 saturated carbocycles. The molecule has 2 nitrogen and oxygen atoms in total. The standard InChI is InChI=1S/C14H20O2/c1-4-5-8-10-6(4)7-9(5)13(2,15)11(8)12(7)14(10,3)16/h4-12,15-16H,1-3H3/t4?,5-,6?,7?,8-,9?,10+,11-,12?,13-,14+/m1/s1. The molecule has 6 fully saturated rings. The van der Waals surface area contributed by atoms with E-state index in [0.29, 0.717) is 35.5 Å². The third-order valence-electron chi connectivity index (χ3n) is 7.68. The second-order valence-electron chi connectivity index (χ2n) is 7.72. The lowest BCUT2D eigenvalue weighted by molar-refractivity contribution is -0.0214. The minimum atomic E-state index is -0.469. The zero-order chi connectivity index (χ0) is 11.2. The van der Waals surface area contributed by atoms with Crippen molar-refractivity contribution >= 4 is 0 Å². The molecule has 2 N–H and O–H groups in total. The van der Waals surface area contributed by atoms with E-state index in [0.717, 1.165) is 17.8 Å². The van der Waals surface area contributed by atoms with E-state index in [2.05, 4.69) is 20.8 Å². The summed E-state index contributed by atoms with van der Waals surface area (Å²) >= 11 is 0. The zero-order valence-corrected chi connectivity index (χ0v) is 10.1. The van der Waals surface area contributed by atoms with Crippen molar-refractivity contribution < 1.29 is 10.2 Å². The highest BCUT2D eigenvalue weighted by molar-refractivity contribution is 5.37. The molecule has 6 aliphatic rings. The maximum absolute atomic E-state index is 10.8. The van der Waals surface area contributed by atoms with Gasteiger partial charge in [-0.15, -0.1) is 0 Å². The molecule has 16 heavy (non-hydrogen) atoms. The average molecular weight is 220 g/mol. The molecule has 6 rings (SSSR count). The summed E-state index contributed by atoms with van der Waals surface area (Å²) in [5.41, 5.74) is -0.939. The lowest BCUT2D eigenvalue weighted by Crippen LogP contribution is -2.35. The Balaban J connectivity index is 1.84. The molecule has 6 bridgehead atoms. The molecule has 5 unspecified atom stereocenters. The van der Waals surface area contributed by atoms with Crippen LogP contribution in [0.25, 0.3) is 0 Å². The maximum Gasteiger partial charge on any atom is 0.0688 e. The van der Waals surface area contributed by atoms with Crippen molar-refractivity contribution in [2.75, 3.05) is 0 Å². The molecule has 0 aromatic rings. The van der Waals surface area contributed by atoms with E-state index in [1.54, 1.807) is 0 Å². The van der Waals surface area contributed by atoms with Crippen LogP contribution in [0, 0.1) is 53.3 Å². The van der Waals surface area contributed by atoms with Gasteiger partial charge in [-0.05, 0) is 67.1 Å². The van der Waals surface area contributed by atoms with Crippen LogP contribution in [-0.2, 0) is 0 Å². The molecule has 2 heteroatoms. The molecule has 0 heterocycles. The van der Waals surface area contributed by atoms with Gasteiger partial charge < -0.3 is 10.2 Å². The van der Waals surface area contributed by atoms with Gasteiger partial charge >= 0.3 is 0 Å². The first-order valence-corrected chi connectivity index (χ1v) is 6.85. The second-order valence-corrected chi connectivity index (χ2v) is 7.72. The maximum atomic E-state index is 10.8. The SMILES string of the molecule is CC1C2C3C4[C@H]1[C@H]1[C@H](C3[C@@](C)(O)[C@@H]21)[C@]4(C)O. The Labute approximate surface area is 96.0 Å². The number of hydrogen-bond acceptors (Lipinski definition) is 2. The molecule has 88 valence electrons. The number of aliphatic hydroxyl groups is 2. The summed E-state index contributed by atoms with van der Waals surface area (Å²) in [6.07, 6.45) is 0. The summed E-state index contributed by atoms with van der Waals surface area (Å²) in [4.78, 5) is 0. The zero-order valence-electron chi connectivity index (χ0n) is 10.1. The van der Waals surface area contributed by atoms with Crippen LogP contribution < -0.4 is 0 Å². The van der Waals surface area contributed by atoms with Gasteiger partial charge in [0.25, 0.3) is 0 Å². The van der Waals surface area contributed by atoms with Crippen molar-refractivity contribution in [1.82, 2.24) is 0 Å². The number of hydrogen-bond donors (Lipinski definition) is 2. The normalized spacial score (nSPS) is 85.7. The van der Waals surface area contributed by atoms with Crippen molar-refractivity contribution in [2.24, 2.45) is 53.3 Å². The van der Waals surface area contributed by atoms with Crippen molar-refractivity contribution in [3.63, 3.8) is 0 Å².